The minimum Gasteiger partial charge on any atom is -0.477 e. The van der Waals surface area contributed by atoms with E-state index in [1.807, 2.05) is 110 Å². The monoisotopic (exact) mass is 796 g/mol. The fourth-order valence-electron chi connectivity index (χ4n) is 7.93. The lowest BCUT2D eigenvalue weighted by Gasteiger charge is -2.34. The summed E-state index contributed by atoms with van der Waals surface area (Å²) in [5, 5.41) is 8.18. The number of aliphatic imine (C=N–C) groups is 1. The highest BCUT2D eigenvalue weighted by molar-refractivity contribution is 8.22. The Bertz CT molecular complexity index is 2150. The van der Waals surface area contributed by atoms with Crippen molar-refractivity contribution in [2.45, 2.75) is 68.9 Å². The van der Waals surface area contributed by atoms with Crippen LogP contribution in [0.15, 0.2) is 157 Å². The van der Waals surface area contributed by atoms with Gasteiger partial charge < -0.3 is 20.3 Å². The molecule has 0 aliphatic carbocycles. The zero-order chi connectivity index (χ0) is 39.6. The number of benzene rings is 5. The minimum absolute atomic E-state index is 0.0395. The van der Waals surface area contributed by atoms with Crippen LogP contribution in [0.3, 0.4) is 0 Å². The molecular formula is C47H49N4O4PS. The zero-order valence-corrected chi connectivity index (χ0v) is 33.9. The summed E-state index contributed by atoms with van der Waals surface area (Å²) in [4.78, 5) is 49.4. The summed E-state index contributed by atoms with van der Waals surface area (Å²) >= 11 is 6.77. The molecule has 2 N–H and O–H groups in total. The fourth-order valence-corrected chi connectivity index (χ4v) is 12.5. The predicted molar refractivity (Wildman–Crippen MR) is 232 cm³/mol. The summed E-state index contributed by atoms with van der Waals surface area (Å²) in [6.07, 6.45) is 2.35. The number of ether oxygens (including phenoxy) is 1. The predicted octanol–water partition coefficient (Wildman–Crippen LogP) is 6.51. The van der Waals surface area contributed by atoms with Gasteiger partial charge in [0.1, 0.15) is 24.7 Å². The molecule has 5 aromatic carbocycles. The average molecular weight is 797 g/mol. The molecular weight excluding hydrogens is 748 g/mol. The number of hydrogen-bond donors (Lipinski definition) is 2. The van der Waals surface area contributed by atoms with E-state index in [9.17, 15) is 14.4 Å². The highest BCUT2D eigenvalue weighted by atomic mass is 32.4. The van der Waals surface area contributed by atoms with Crippen molar-refractivity contribution < 1.29 is 19.1 Å². The van der Waals surface area contributed by atoms with Crippen molar-refractivity contribution in [1.82, 2.24) is 15.5 Å². The first-order valence-electron chi connectivity index (χ1n) is 19.7. The van der Waals surface area contributed by atoms with E-state index in [1.165, 1.54) is 5.56 Å². The van der Waals surface area contributed by atoms with E-state index in [0.29, 0.717) is 31.9 Å². The van der Waals surface area contributed by atoms with Crippen LogP contribution in [0, 0.1) is 0 Å². The number of rotatable bonds is 15. The van der Waals surface area contributed by atoms with E-state index in [-0.39, 0.29) is 42.3 Å². The second kappa shape index (κ2) is 18.7. The van der Waals surface area contributed by atoms with Crippen LogP contribution in [-0.2, 0) is 43.8 Å². The maximum Gasteiger partial charge on any atom is 0.243 e. The topological polar surface area (TPSA) is 100 Å². The van der Waals surface area contributed by atoms with Gasteiger partial charge in [0.2, 0.25) is 23.6 Å². The van der Waals surface area contributed by atoms with Crippen molar-refractivity contribution in [3.05, 3.63) is 168 Å². The Morgan fingerprint density at radius 2 is 1.32 bits per heavy atom. The molecule has 292 valence electrons. The van der Waals surface area contributed by atoms with Crippen LogP contribution in [0.2, 0.25) is 0 Å². The van der Waals surface area contributed by atoms with Crippen LogP contribution >= 0.6 is 6.04 Å². The number of carbonyl (C=O) groups excluding carboxylic acids is 3. The summed E-state index contributed by atoms with van der Waals surface area (Å²) in [7, 11) is 0. The lowest BCUT2D eigenvalue weighted by molar-refractivity contribution is -0.139. The van der Waals surface area contributed by atoms with Crippen LogP contribution < -0.4 is 21.2 Å². The Balaban J connectivity index is 1.09. The molecule has 8 nitrogen and oxygen atoms in total. The standard InChI is InChI=1S/C47H49N4O4PS/c1-34(47-49-38(33-55-47)30-35-18-7-2-8-19-35)48-45(53)41(31-36-20-9-3-10-21-36)50-46(54)42-28-17-29-51(42)44(52)32-43(37-22-11-4-12-23-37)56(57,39-24-13-5-14-25-39)40-26-15-6-16-27-40/h2-16,18-27,34,38,41-43H,17,28-33H2,1H3,(H,48,53)(H,50,54)/t34-,38-,41+,42-,43-/m0/s1. The highest BCUT2D eigenvalue weighted by Gasteiger charge is 2.40. The lowest BCUT2D eigenvalue weighted by atomic mass is 10.0. The molecule has 0 unspecified atom stereocenters. The molecule has 0 bridgehead atoms. The third-order valence-electron chi connectivity index (χ3n) is 10.8. The first-order valence-corrected chi connectivity index (χ1v) is 22.6. The van der Waals surface area contributed by atoms with Gasteiger partial charge in [-0.05, 0) is 53.5 Å². The molecule has 5 aromatic rings. The van der Waals surface area contributed by atoms with Crippen LogP contribution in [0.5, 0.6) is 0 Å². The number of carbonyl (C=O) groups is 3. The first-order chi connectivity index (χ1) is 27.8. The van der Waals surface area contributed by atoms with Crippen molar-refractivity contribution >= 4 is 52.1 Å². The Morgan fingerprint density at radius 3 is 1.91 bits per heavy atom. The van der Waals surface area contributed by atoms with E-state index in [2.05, 4.69) is 59.2 Å². The average Bonchev–Trinajstić information content (AvgIpc) is 3.95. The van der Waals surface area contributed by atoms with Gasteiger partial charge in [0.25, 0.3) is 0 Å². The molecule has 1 saturated heterocycles. The molecule has 0 spiro atoms. The van der Waals surface area contributed by atoms with Crippen LogP contribution in [-0.4, -0.2) is 65.8 Å². The molecule has 2 aliphatic rings. The fraction of sp³-hybridized carbons (Fsp3) is 0.277. The van der Waals surface area contributed by atoms with Crippen LogP contribution in [0.25, 0.3) is 0 Å². The van der Waals surface area contributed by atoms with E-state index in [0.717, 1.165) is 28.2 Å². The summed E-state index contributed by atoms with van der Waals surface area (Å²) in [5.74, 6) is -0.337. The number of nitrogens with one attached hydrogen (secondary N) is 2. The second-order valence-corrected chi connectivity index (χ2v) is 19.5. The molecule has 2 aliphatic heterocycles. The SMILES string of the molecule is C[C@H](NC(=O)[C@@H](Cc1ccccc1)NC(=O)[C@@H]1CCCN1C(=O)C[C@@H](c1ccccc1)P(=S)(c1ccccc1)c1ccccc1)C1=N[C@@H](Cc2ccccc2)CO1. The third-order valence-corrected chi connectivity index (χ3v) is 16.4. The van der Waals surface area contributed by atoms with E-state index in [4.69, 9.17) is 21.5 Å². The maximum absolute atomic E-state index is 14.6. The number of hydrogen-bond acceptors (Lipinski definition) is 6. The summed E-state index contributed by atoms with van der Waals surface area (Å²) in [6, 6.07) is 45.4. The second-order valence-electron chi connectivity index (χ2n) is 14.8. The van der Waals surface area contributed by atoms with Gasteiger partial charge in [0.05, 0.1) is 6.04 Å². The number of amides is 3. The molecule has 5 atom stereocenters. The van der Waals surface area contributed by atoms with Gasteiger partial charge >= 0.3 is 0 Å². The highest BCUT2D eigenvalue weighted by Crippen LogP contribution is 2.59. The van der Waals surface area contributed by atoms with E-state index >= 15 is 0 Å². The van der Waals surface area contributed by atoms with E-state index < -0.39 is 24.2 Å². The quantitative estimate of drug-likeness (QED) is 0.118. The normalized spacial score (nSPS) is 18.1. The molecule has 2 heterocycles. The Labute approximate surface area is 340 Å². The van der Waals surface area contributed by atoms with Crippen LogP contribution in [0.4, 0.5) is 0 Å². The summed E-state index contributed by atoms with van der Waals surface area (Å²) in [5.41, 5.74) is 2.77. The van der Waals surface area contributed by atoms with Gasteiger partial charge in [-0.1, -0.05) is 163 Å². The molecule has 3 amide bonds. The van der Waals surface area contributed by atoms with Gasteiger partial charge in [-0.15, -0.1) is 0 Å². The molecule has 0 saturated carbocycles. The maximum atomic E-state index is 14.6. The van der Waals surface area contributed by atoms with E-state index in [1.54, 1.807) is 4.90 Å². The van der Waals surface area contributed by atoms with Gasteiger partial charge in [-0.2, -0.15) is 0 Å². The van der Waals surface area contributed by atoms with Crippen molar-refractivity contribution in [3.63, 3.8) is 0 Å². The third kappa shape index (κ3) is 9.61. The molecule has 0 aromatic heterocycles. The van der Waals surface area contributed by atoms with Crippen molar-refractivity contribution in [2.75, 3.05) is 13.2 Å². The molecule has 7 rings (SSSR count). The Morgan fingerprint density at radius 1 is 0.772 bits per heavy atom. The van der Waals surface area contributed by atoms with Gasteiger partial charge in [0.15, 0.2) is 0 Å². The molecule has 1 fully saturated rings. The summed E-state index contributed by atoms with van der Waals surface area (Å²) in [6.45, 7) is 2.73. The van der Waals surface area contributed by atoms with Gasteiger partial charge in [0, 0.05) is 31.1 Å². The largest absolute Gasteiger partial charge is 0.477 e. The first kappa shape index (κ1) is 39.8. The number of likely N-dealkylation sites (tertiary alicyclic amines) is 1. The Kier molecular flexibility index (Phi) is 13.1. The summed E-state index contributed by atoms with van der Waals surface area (Å²) < 4.78 is 5.94. The van der Waals surface area contributed by atoms with Gasteiger partial charge in [-0.3, -0.25) is 14.4 Å². The zero-order valence-electron chi connectivity index (χ0n) is 32.2. The number of nitrogens with zero attached hydrogens (tertiary/aromatic N) is 2. The van der Waals surface area contributed by atoms with Crippen molar-refractivity contribution in [1.29, 1.82) is 0 Å². The minimum atomic E-state index is -2.60. The smallest absolute Gasteiger partial charge is 0.243 e. The van der Waals surface area contributed by atoms with Crippen molar-refractivity contribution in [2.24, 2.45) is 4.99 Å². The van der Waals surface area contributed by atoms with Gasteiger partial charge in [-0.25, -0.2) is 4.99 Å². The molecule has 57 heavy (non-hydrogen) atoms. The lowest BCUT2D eigenvalue weighted by Crippen LogP contribution is -2.55. The van der Waals surface area contributed by atoms with Crippen molar-refractivity contribution in [3.8, 4) is 0 Å². The Hall–Kier alpha value is -5.37. The molecule has 0 radical (unpaired) electrons. The van der Waals surface area contributed by atoms with Crippen LogP contribution in [0.1, 0.15) is 48.5 Å². The molecule has 10 heteroatoms.